The van der Waals surface area contributed by atoms with Crippen molar-refractivity contribution in [1.29, 1.82) is 0 Å². The Kier molecular flexibility index (Phi) is 11.2. The molecule has 0 aromatic rings. The van der Waals surface area contributed by atoms with Crippen LogP contribution in [0.25, 0.3) is 0 Å². The molecular formula is C21H34O5. The van der Waals surface area contributed by atoms with E-state index < -0.39 is 12.2 Å². The molecule has 148 valence electrons. The fourth-order valence-corrected chi connectivity index (χ4v) is 3.43. The molecule has 5 nitrogen and oxygen atoms in total. The van der Waals surface area contributed by atoms with Gasteiger partial charge in [0.2, 0.25) is 0 Å². The van der Waals surface area contributed by atoms with E-state index in [1.807, 2.05) is 0 Å². The number of ether oxygens (including phenoxy) is 1. The number of unbranched alkanes of at least 4 members (excludes halogenated alkanes) is 5. The highest BCUT2D eigenvalue weighted by atomic mass is 16.5. The lowest BCUT2D eigenvalue weighted by Gasteiger charge is -2.15. The van der Waals surface area contributed by atoms with Gasteiger partial charge in [-0.05, 0) is 25.7 Å². The monoisotopic (exact) mass is 366 g/mol. The molecule has 4 atom stereocenters. The van der Waals surface area contributed by atoms with Crippen LogP contribution in [0.4, 0.5) is 0 Å². The number of rotatable bonds is 11. The Morgan fingerprint density at radius 1 is 1.23 bits per heavy atom. The molecule has 0 aromatic heterocycles. The van der Waals surface area contributed by atoms with Crippen molar-refractivity contribution in [2.45, 2.75) is 89.8 Å². The van der Waals surface area contributed by atoms with Gasteiger partial charge in [0, 0.05) is 18.8 Å². The molecule has 0 spiro atoms. The third-order valence-electron chi connectivity index (χ3n) is 5.04. The van der Waals surface area contributed by atoms with E-state index in [9.17, 15) is 19.8 Å². The van der Waals surface area contributed by atoms with E-state index in [0.717, 1.165) is 44.9 Å². The molecule has 0 heterocycles. The summed E-state index contributed by atoms with van der Waals surface area (Å²) in [4.78, 5) is 23.2. The molecule has 1 saturated carbocycles. The molecule has 0 amide bonds. The maximum atomic E-state index is 12.1. The number of Topliss-reactive ketones (excluding diaryl/α,β-unsaturated/α-hetero) is 1. The minimum absolute atomic E-state index is 0.0758. The number of hydrogen-bond donors (Lipinski definition) is 2. The molecule has 0 aromatic carbocycles. The topological polar surface area (TPSA) is 83.8 Å². The molecule has 0 unspecified atom stereocenters. The van der Waals surface area contributed by atoms with Gasteiger partial charge in [-0.1, -0.05) is 50.9 Å². The summed E-state index contributed by atoms with van der Waals surface area (Å²) in [7, 11) is 1.39. The van der Waals surface area contributed by atoms with Crippen molar-refractivity contribution in [1.82, 2.24) is 0 Å². The van der Waals surface area contributed by atoms with Gasteiger partial charge in [0.05, 0.1) is 19.1 Å². The number of ketones is 1. The average Bonchev–Trinajstić information content (AvgIpc) is 2.89. The van der Waals surface area contributed by atoms with E-state index in [0.29, 0.717) is 19.3 Å². The van der Waals surface area contributed by atoms with Crippen molar-refractivity contribution in [3.05, 3.63) is 0 Å². The highest BCUT2D eigenvalue weighted by Gasteiger charge is 2.40. The average molecular weight is 366 g/mol. The van der Waals surface area contributed by atoms with Gasteiger partial charge < -0.3 is 14.9 Å². The highest BCUT2D eigenvalue weighted by molar-refractivity contribution is 5.84. The Balaban J connectivity index is 2.40. The minimum atomic E-state index is -0.720. The quantitative estimate of drug-likeness (QED) is 0.334. The largest absolute Gasteiger partial charge is 0.469 e. The fourth-order valence-electron chi connectivity index (χ4n) is 3.43. The fraction of sp³-hybridized carbons (Fsp3) is 0.810. The molecule has 2 N–H and O–H groups in total. The maximum Gasteiger partial charge on any atom is 0.305 e. The van der Waals surface area contributed by atoms with Gasteiger partial charge in [0.25, 0.3) is 0 Å². The van der Waals surface area contributed by atoms with E-state index in [1.54, 1.807) is 0 Å². The molecule has 1 aliphatic carbocycles. The first-order valence-corrected chi connectivity index (χ1v) is 9.96. The van der Waals surface area contributed by atoms with Gasteiger partial charge in [-0.25, -0.2) is 0 Å². The smallest absolute Gasteiger partial charge is 0.305 e. The van der Waals surface area contributed by atoms with Crippen LogP contribution >= 0.6 is 0 Å². The van der Waals surface area contributed by atoms with Crippen molar-refractivity contribution in [3.63, 3.8) is 0 Å². The van der Waals surface area contributed by atoms with E-state index in [1.165, 1.54) is 7.11 Å². The number of hydrogen-bond acceptors (Lipinski definition) is 5. The molecule has 0 aliphatic heterocycles. The van der Waals surface area contributed by atoms with Crippen LogP contribution in [0.5, 0.6) is 0 Å². The van der Waals surface area contributed by atoms with Gasteiger partial charge in [-0.15, -0.1) is 0 Å². The van der Waals surface area contributed by atoms with Gasteiger partial charge in [0.1, 0.15) is 11.9 Å². The van der Waals surface area contributed by atoms with Crippen molar-refractivity contribution < 1.29 is 24.5 Å². The van der Waals surface area contributed by atoms with E-state index in [2.05, 4.69) is 23.5 Å². The zero-order valence-corrected chi connectivity index (χ0v) is 16.2. The first kappa shape index (κ1) is 22.7. The highest BCUT2D eigenvalue weighted by Crippen LogP contribution is 2.33. The summed E-state index contributed by atoms with van der Waals surface area (Å²) < 4.78 is 4.61. The molecule has 0 bridgehead atoms. The van der Waals surface area contributed by atoms with Gasteiger partial charge in [-0.2, -0.15) is 0 Å². The second kappa shape index (κ2) is 12.9. The van der Waals surface area contributed by atoms with Crippen molar-refractivity contribution in [3.8, 4) is 11.8 Å². The van der Waals surface area contributed by atoms with Crippen molar-refractivity contribution in [2.24, 2.45) is 11.8 Å². The Hall–Kier alpha value is -1.38. The normalized spacial score (nSPS) is 23.4. The third kappa shape index (κ3) is 8.33. The van der Waals surface area contributed by atoms with E-state index >= 15 is 0 Å². The lowest BCUT2D eigenvalue weighted by Crippen LogP contribution is -2.19. The van der Waals surface area contributed by atoms with Crippen LogP contribution in [0.15, 0.2) is 0 Å². The van der Waals surface area contributed by atoms with Crippen LogP contribution in [0.3, 0.4) is 0 Å². The summed E-state index contributed by atoms with van der Waals surface area (Å²) in [5.74, 6) is 5.11. The predicted molar refractivity (Wildman–Crippen MR) is 100 cm³/mol. The zero-order valence-electron chi connectivity index (χ0n) is 16.2. The third-order valence-corrected chi connectivity index (χ3v) is 5.04. The zero-order chi connectivity index (χ0) is 19.4. The van der Waals surface area contributed by atoms with E-state index in [-0.39, 0.29) is 30.0 Å². The molecule has 1 fully saturated rings. The molecule has 26 heavy (non-hydrogen) atoms. The molecule has 1 rings (SSSR count). The first-order valence-electron chi connectivity index (χ1n) is 9.96. The maximum absolute atomic E-state index is 12.1. The number of aliphatic hydroxyl groups is 2. The van der Waals surface area contributed by atoms with Crippen LogP contribution in [0.1, 0.15) is 77.6 Å². The summed E-state index contributed by atoms with van der Waals surface area (Å²) >= 11 is 0. The van der Waals surface area contributed by atoms with Crippen LogP contribution in [-0.2, 0) is 14.3 Å². The number of methoxy groups -OCH3 is 1. The number of carbonyl (C=O) groups excluding carboxylic acids is 2. The lowest BCUT2D eigenvalue weighted by molar-refractivity contribution is -0.140. The van der Waals surface area contributed by atoms with Gasteiger partial charge in [0.15, 0.2) is 0 Å². The summed E-state index contributed by atoms with van der Waals surface area (Å²) in [6.07, 6.45) is 7.18. The number of esters is 1. The SMILES string of the molecule is CCCCC[C@@H](O)C#C[C@@H]1[C@H](O)CC(=O)[C@H]1CCCCCCC(=O)OC. The predicted octanol–water partition coefficient (Wildman–Crippen LogP) is 3.01. The Labute approximate surface area is 157 Å². The van der Waals surface area contributed by atoms with Crippen LogP contribution in [0, 0.1) is 23.7 Å². The minimum Gasteiger partial charge on any atom is -0.469 e. The van der Waals surface area contributed by atoms with Gasteiger partial charge >= 0.3 is 5.97 Å². The standard InChI is InChI=1S/C21H34O5/c1-3-4-7-10-16(22)13-14-18-17(19(23)15-20(18)24)11-8-5-6-9-12-21(25)26-2/h16-18,20,22,24H,3-12,15H2,1-2H3/t16-,17+,18+,20-/m1/s1. The summed E-state index contributed by atoms with van der Waals surface area (Å²) in [6, 6.07) is 0. The number of carbonyl (C=O) groups is 2. The molecule has 0 saturated heterocycles. The second-order valence-electron chi connectivity index (χ2n) is 7.20. The molecule has 0 radical (unpaired) electrons. The van der Waals surface area contributed by atoms with Crippen LogP contribution in [-0.4, -0.2) is 41.3 Å². The molecule has 5 heteroatoms. The van der Waals surface area contributed by atoms with Crippen molar-refractivity contribution in [2.75, 3.05) is 7.11 Å². The van der Waals surface area contributed by atoms with Crippen LogP contribution in [0.2, 0.25) is 0 Å². The Bertz CT molecular complexity index is 490. The summed E-state index contributed by atoms with van der Waals surface area (Å²) in [5, 5.41) is 20.1. The summed E-state index contributed by atoms with van der Waals surface area (Å²) in [5.41, 5.74) is 0. The van der Waals surface area contributed by atoms with Gasteiger partial charge in [-0.3, -0.25) is 9.59 Å². The van der Waals surface area contributed by atoms with Crippen LogP contribution < -0.4 is 0 Å². The Morgan fingerprint density at radius 3 is 2.65 bits per heavy atom. The second-order valence-corrected chi connectivity index (χ2v) is 7.20. The molecular weight excluding hydrogens is 332 g/mol. The lowest BCUT2D eigenvalue weighted by atomic mass is 9.89. The molecule has 1 aliphatic rings. The van der Waals surface area contributed by atoms with Crippen molar-refractivity contribution >= 4 is 11.8 Å². The first-order chi connectivity index (χ1) is 12.5. The Morgan fingerprint density at radius 2 is 1.96 bits per heavy atom. The number of aliphatic hydroxyl groups excluding tert-OH is 2. The van der Waals surface area contributed by atoms with E-state index in [4.69, 9.17) is 0 Å². The summed E-state index contributed by atoms with van der Waals surface area (Å²) in [6.45, 7) is 2.11.